The molecule has 0 bridgehead atoms. The second-order valence-electron chi connectivity index (χ2n) is 4.63. The van der Waals surface area contributed by atoms with Crippen LogP contribution in [-0.2, 0) is 0 Å². The van der Waals surface area contributed by atoms with E-state index in [-0.39, 0.29) is 6.54 Å². The summed E-state index contributed by atoms with van der Waals surface area (Å²) >= 11 is 0. The van der Waals surface area contributed by atoms with Gasteiger partial charge in [0.2, 0.25) is 0 Å². The van der Waals surface area contributed by atoms with Crippen molar-refractivity contribution in [2.75, 3.05) is 11.9 Å². The number of rotatable bonds is 4. The molecule has 1 unspecified atom stereocenters. The molecule has 2 amide bonds. The number of amides is 2. The molecule has 0 saturated heterocycles. The van der Waals surface area contributed by atoms with Gasteiger partial charge in [-0.3, -0.25) is 0 Å². The van der Waals surface area contributed by atoms with Crippen LogP contribution in [0.25, 0.3) is 0 Å². The molecule has 0 aliphatic rings. The predicted octanol–water partition coefficient (Wildman–Crippen LogP) is 3.10. The van der Waals surface area contributed by atoms with Crippen LogP contribution in [0.2, 0.25) is 0 Å². The molecule has 4 nitrogen and oxygen atoms in total. The molecule has 0 fully saturated rings. The summed E-state index contributed by atoms with van der Waals surface area (Å²) in [7, 11) is 0. The summed E-state index contributed by atoms with van der Waals surface area (Å²) in [5, 5.41) is 14.0. The second-order valence-corrected chi connectivity index (χ2v) is 4.63. The van der Waals surface area contributed by atoms with Gasteiger partial charge in [-0.05, 0) is 29.8 Å². The fourth-order valence-corrected chi connectivity index (χ4v) is 1.78. The predicted molar refractivity (Wildman–Crippen MR) is 74.7 cm³/mol. The smallest absolute Gasteiger partial charge is 0.319 e. The summed E-state index contributed by atoms with van der Waals surface area (Å²) in [5.41, 5.74) is -0.177. The van der Waals surface area contributed by atoms with E-state index in [0.717, 1.165) is 18.2 Å². The van der Waals surface area contributed by atoms with Crippen LogP contribution >= 0.6 is 0 Å². The highest BCUT2D eigenvalue weighted by atomic mass is 19.2. The van der Waals surface area contributed by atoms with E-state index < -0.39 is 41.1 Å². The van der Waals surface area contributed by atoms with E-state index in [1.165, 1.54) is 12.1 Å². The van der Waals surface area contributed by atoms with Crippen molar-refractivity contribution in [1.82, 2.24) is 5.32 Å². The van der Waals surface area contributed by atoms with Crippen LogP contribution in [0.4, 0.5) is 28.0 Å². The van der Waals surface area contributed by atoms with E-state index in [1.54, 1.807) is 0 Å². The maximum atomic E-state index is 13.4. The molecule has 2 rings (SSSR count). The van der Waals surface area contributed by atoms with Crippen molar-refractivity contribution < 1.29 is 27.5 Å². The van der Waals surface area contributed by atoms with E-state index in [9.17, 15) is 27.5 Å². The molecule has 0 aliphatic heterocycles. The zero-order chi connectivity index (χ0) is 17.0. The quantitative estimate of drug-likeness (QED) is 0.597. The van der Waals surface area contributed by atoms with Crippen LogP contribution in [0.5, 0.6) is 0 Å². The average Bonchev–Trinajstić information content (AvgIpc) is 2.54. The second kappa shape index (κ2) is 7.10. The van der Waals surface area contributed by atoms with E-state index in [0.29, 0.717) is 11.6 Å². The number of benzene rings is 2. The van der Waals surface area contributed by atoms with Crippen molar-refractivity contribution in [2.45, 2.75) is 6.10 Å². The molecule has 0 radical (unpaired) electrons. The summed E-state index contributed by atoms with van der Waals surface area (Å²) in [5.74, 6) is -5.07. The Hall–Kier alpha value is -2.61. The first-order valence-electron chi connectivity index (χ1n) is 6.50. The Morgan fingerprint density at radius 2 is 1.65 bits per heavy atom. The molecule has 8 heteroatoms. The van der Waals surface area contributed by atoms with E-state index in [1.807, 2.05) is 5.32 Å². The van der Waals surface area contributed by atoms with E-state index >= 15 is 0 Å². The van der Waals surface area contributed by atoms with Crippen LogP contribution in [0.3, 0.4) is 0 Å². The lowest BCUT2D eigenvalue weighted by molar-refractivity contribution is 0.175. The van der Waals surface area contributed by atoms with E-state index in [4.69, 9.17) is 0 Å². The molecular formula is C15H12F4N2O2. The van der Waals surface area contributed by atoms with Gasteiger partial charge < -0.3 is 15.7 Å². The topological polar surface area (TPSA) is 61.4 Å². The average molecular weight is 328 g/mol. The monoisotopic (exact) mass is 328 g/mol. The van der Waals surface area contributed by atoms with Gasteiger partial charge in [-0.1, -0.05) is 12.1 Å². The van der Waals surface area contributed by atoms with Gasteiger partial charge in [-0.25, -0.2) is 22.4 Å². The first-order valence-corrected chi connectivity index (χ1v) is 6.50. The number of aliphatic hydroxyl groups is 1. The first-order chi connectivity index (χ1) is 10.9. The highest BCUT2D eigenvalue weighted by Crippen LogP contribution is 2.19. The molecular weight excluding hydrogens is 316 g/mol. The lowest BCUT2D eigenvalue weighted by Crippen LogP contribution is -2.32. The van der Waals surface area contributed by atoms with Crippen molar-refractivity contribution in [2.24, 2.45) is 0 Å². The Bertz CT molecular complexity index is 707. The Balaban J connectivity index is 1.93. The number of carbonyl (C=O) groups is 1. The number of hydrogen-bond acceptors (Lipinski definition) is 2. The van der Waals surface area contributed by atoms with Gasteiger partial charge in [-0.2, -0.15) is 0 Å². The van der Waals surface area contributed by atoms with Crippen LogP contribution < -0.4 is 10.6 Å². The Kier molecular flexibility index (Phi) is 5.17. The highest BCUT2D eigenvalue weighted by molar-refractivity contribution is 5.89. The Morgan fingerprint density at radius 1 is 1.00 bits per heavy atom. The minimum absolute atomic E-state index is 0.247. The number of hydrogen-bond donors (Lipinski definition) is 3. The lowest BCUT2D eigenvalue weighted by Gasteiger charge is -2.13. The molecule has 23 heavy (non-hydrogen) atoms. The fraction of sp³-hybridized carbons (Fsp3) is 0.133. The number of anilines is 1. The van der Waals surface area contributed by atoms with E-state index in [2.05, 4.69) is 5.32 Å². The van der Waals surface area contributed by atoms with Gasteiger partial charge in [0.05, 0.1) is 11.8 Å². The molecule has 122 valence electrons. The number of urea groups is 1. The number of nitrogens with one attached hydrogen (secondary N) is 2. The summed E-state index contributed by atoms with van der Waals surface area (Å²) in [4.78, 5) is 11.6. The van der Waals surface area contributed by atoms with Crippen molar-refractivity contribution in [3.05, 3.63) is 65.2 Å². The summed E-state index contributed by atoms with van der Waals surface area (Å²) < 4.78 is 51.9. The number of carbonyl (C=O) groups excluding carboxylic acids is 1. The standard InChI is InChI=1S/C15H12F4N2O2/c16-9-3-1-8(2-4-9)12(22)7-20-15(23)21-11-6-5-10(17)13(18)14(11)19/h1-6,12,22H,7H2,(H2,20,21,23). The molecule has 3 N–H and O–H groups in total. The Labute approximate surface area is 128 Å². The highest BCUT2D eigenvalue weighted by Gasteiger charge is 2.16. The van der Waals surface area contributed by atoms with Crippen molar-refractivity contribution in [1.29, 1.82) is 0 Å². The zero-order valence-electron chi connectivity index (χ0n) is 11.6. The van der Waals surface area contributed by atoms with Gasteiger partial charge >= 0.3 is 6.03 Å². The third kappa shape index (κ3) is 4.19. The van der Waals surface area contributed by atoms with Crippen molar-refractivity contribution >= 4 is 11.7 Å². The van der Waals surface area contributed by atoms with Crippen LogP contribution in [0.15, 0.2) is 36.4 Å². The molecule has 0 aliphatic carbocycles. The summed E-state index contributed by atoms with van der Waals surface area (Å²) in [6, 6.07) is 5.59. The molecule has 0 heterocycles. The third-order valence-corrected chi connectivity index (χ3v) is 2.99. The van der Waals surface area contributed by atoms with Crippen molar-refractivity contribution in [3.8, 4) is 0 Å². The molecule has 1 atom stereocenters. The minimum atomic E-state index is -1.70. The minimum Gasteiger partial charge on any atom is -0.387 e. The van der Waals surface area contributed by atoms with Gasteiger partial charge in [0.25, 0.3) is 0 Å². The Morgan fingerprint density at radius 3 is 2.30 bits per heavy atom. The molecule has 0 spiro atoms. The van der Waals surface area contributed by atoms with Gasteiger partial charge in [0.15, 0.2) is 17.5 Å². The van der Waals surface area contributed by atoms with Crippen LogP contribution in [-0.4, -0.2) is 17.7 Å². The SMILES string of the molecule is O=C(NCC(O)c1ccc(F)cc1)Nc1ccc(F)c(F)c1F. The molecule has 0 aromatic heterocycles. The number of halogens is 4. The third-order valence-electron chi connectivity index (χ3n) is 2.99. The lowest BCUT2D eigenvalue weighted by atomic mass is 10.1. The maximum absolute atomic E-state index is 13.4. The summed E-state index contributed by atoms with van der Waals surface area (Å²) in [6.07, 6.45) is -1.11. The normalized spacial score (nSPS) is 11.9. The van der Waals surface area contributed by atoms with Gasteiger partial charge in [0.1, 0.15) is 5.82 Å². The van der Waals surface area contributed by atoms with Crippen LogP contribution in [0.1, 0.15) is 11.7 Å². The van der Waals surface area contributed by atoms with Crippen LogP contribution in [0, 0.1) is 23.3 Å². The summed E-state index contributed by atoms with van der Waals surface area (Å²) in [6.45, 7) is -0.247. The molecule has 0 saturated carbocycles. The van der Waals surface area contributed by atoms with Crippen molar-refractivity contribution in [3.63, 3.8) is 0 Å². The molecule has 2 aromatic carbocycles. The van der Waals surface area contributed by atoms with Gasteiger partial charge in [0, 0.05) is 6.54 Å². The van der Waals surface area contributed by atoms with Gasteiger partial charge in [-0.15, -0.1) is 0 Å². The first kappa shape index (κ1) is 16.8. The molecule has 2 aromatic rings. The zero-order valence-corrected chi connectivity index (χ0v) is 11.6. The number of aliphatic hydroxyl groups excluding tert-OH is 1. The largest absolute Gasteiger partial charge is 0.387 e. The maximum Gasteiger partial charge on any atom is 0.319 e. The fourth-order valence-electron chi connectivity index (χ4n) is 1.78.